The molecule has 1 aromatic carbocycles. The van der Waals surface area contributed by atoms with Crippen molar-refractivity contribution in [3.8, 4) is 0 Å². The zero-order valence-electron chi connectivity index (χ0n) is 14.8. The van der Waals surface area contributed by atoms with Gasteiger partial charge in [-0.25, -0.2) is 0 Å². The highest BCUT2D eigenvalue weighted by Crippen LogP contribution is 2.15. The van der Waals surface area contributed by atoms with Crippen LogP contribution in [0.2, 0.25) is 0 Å². The van der Waals surface area contributed by atoms with Crippen LogP contribution in [0.25, 0.3) is 0 Å². The Hall–Kier alpha value is -2.52. The highest BCUT2D eigenvalue weighted by molar-refractivity contribution is 7.80. The number of benzene rings is 1. The highest BCUT2D eigenvalue weighted by atomic mass is 32.1. The Balaban J connectivity index is 2.39. The summed E-state index contributed by atoms with van der Waals surface area (Å²) < 4.78 is 9.62. The molecule has 0 saturated heterocycles. The number of nitrogens with one attached hydrogen (secondary N) is 3. The average Bonchev–Trinajstić information content (AvgIpc) is 2.60. The van der Waals surface area contributed by atoms with Crippen molar-refractivity contribution >= 4 is 46.5 Å². The molecule has 3 N–H and O–H groups in total. The van der Waals surface area contributed by atoms with Gasteiger partial charge in [0.1, 0.15) is 6.61 Å². The summed E-state index contributed by atoms with van der Waals surface area (Å²) in [6, 6.07) is 6.93. The summed E-state index contributed by atoms with van der Waals surface area (Å²) in [6.07, 6.45) is 0.289. The number of carbonyl (C=O) groups is 3. The monoisotopic (exact) mass is 381 g/mol. The first-order chi connectivity index (χ1) is 12.4. The van der Waals surface area contributed by atoms with Gasteiger partial charge in [-0.2, -0.15) is 0 Å². The van der Waals surface area contributed by atoms with Crippen LogP contribution in [0.15, 0.2) is 24.3 Å². The predicted octanol–water partition coefficient (Wildman–Crippen LogP) is 1.82. The predicted molar refractivity (Wildman–Crippen MR) is 102 cm³/mol. The number of ether oxygens (including phenoxy) is 2. The largest absolute Gasteiger partial charge is 0.463 e. The topological polar surface area (TPSA) is 106 Å². The summed E-state index contributed by atoms with van der Waals surface area (Å²) in [5.74, 6) is -0.979. The fourth-order valence-corrected chi connectivity index (χ4v) is 2.03. The molecule has 1 aromatic rings. The second-order valence-electron chi connectivity index (χ2n) is 5.20. The second kappa shape index (κ2) is 11.9. The van der Waals surface area contributed by atoms with Crippen LogP contribution in [0.4, 0.5) is 11.4 Å². The lowest BCUT2D eigenvalue weighted by Crippen LogP contribution is -2.34. The van der Waals surface area contributed by atoms with Gasteiger partial charge in [-0.3, -0.25) is 14.4 Å². The molecule has 0 aromatic heterocycles. The van der Waals surface area contributed by atoms with Gasteiger partial charge in [0.2, 0.25) is 11.8 Å². The summed E-state index contributed by atoms with van der Waals surface area (Å²) in [6.45, 7) is 2.22. The van der Waals surface area contributed by atoms with E-state index in [0.29, 0.717) is 24.4 Å². The molecule has 0 bridgehead atoms. The molecule has 0 heterocycles. The number of rotatable bonds is 9. The van der Waals surface area contributed by atoms with Crippen LogP contribution in [0, 0.1) is 0 Å². The summed E-state index contributed by atoms with van der Waals surface area (Å²) in [5.41, 5.74) is 1.23. The van der Waals surface area contributed by atoms with Crippen LogP contribution in [-0.4, -0.2) is 43.2 Å². The smallest absolute Gasteiger partial charge is 0.306 e. The third-order valence-electron chi connectivity index (χ3n) is 3.08. The van der Waals surface area contributed by atoms with Gasteiger partial charge >= 0.3 is 5.97 Å². The molecule has 0 aliphatic carbocycles. The average molecular weight is 381 g/mol. The zero-order valence-corrected chi connectivity index (χ0v) is 15.6. The van der Waals surface area contributed by atoms with Gasteiger partial charge in [-0.15, -0.1) is 0 Å². The summed E-state index contributed by atoms with van der Waals surface area (Å²) in [7, 11) is 1.50. The molecule has 9 heteroatoms. The molecule has 8 nitrogen and oxygen atoms in total. The minimum absolute atomic E-state index is 0.0414. The van der Waals surface area contributed by atoms with Crippen LogP contribution < -0.4 is 16.0 Å². The van der Waals surface area contributed by atoms with Crippen LogP contribution in [0.1, 0.15) is 26.2 Å². The molecule has 0 unspecified atom stereocenters. The van der Waals surface area contributed by atoms with Gasteiger partial charge in [-0.1, -0.05) is 13.0 Å². The molecular weight excluding hydrogens is 358 g/mol. The number of carbonyl (C=O) groups excluding carboxylic acids is 3. The van der Waals surface area contributed by atoms with Crippen molar-refractivity contribution in [2.24, 2.45) is 0 Å². The number of hydrogen-bond donors (Lipinski definition) is 3. The minimum Gasteiger partial charge on any atom is -0.463 e. The number of amides is 2. The SMILES string of the molecule is CCC(=O)Nc1cccc(NC(=S)NC(=O)CCC(=O)OCCOC)c1. The summed E-state index contributed by atoms with van der Waals surface area (Å²) >= 11 is 5.07. The lowest BCUT2D eigenvalue weighted by atomic mass is 10.2. The molecule has 0 saturated carbocycles. The first-order valence-corrected chi connectivity index (χ1v) is 8.50. The lowest BCUT2D eigenvalue weighted by molar-refractivity contribution is -0.146. The van der Waals surface area contributed by atoms with E-state index in [4.69, 9.17) is 21.7 Å². The fraction of sp³-hybridized carbons (Fsp3) is 0.412. The van der Waals surface area contributed by atoms with Gasteiger partial charge < -0.3 is 25.4 Å². The number of anilines is 2. The van der Waals surface area contributed by atoms with Crippen LogP contribution in [0.5, 0.6) is 0 Å². The maximum Gasteiger partial charge on any atom is 0.306 e. The molecule has 0 aliphatic rings. The van der Waals surface area contributed by atoms with Gasteiger partial charge in [-0.05, 0) is 30.4 Å². The Bertz CT molecular complexity index is 651. The molecular formula is C17H23N3O5S. The van der Waals surface area contributed by atoms with Crippen molar-refractivity contribution in [2.75, 3.05) is 31.0 Å². The second-order valence-corrected chi connectivity index (χ2v) is 5.61. The van der Waals surface area contributed by atoms with E-state index in [-0.39, 0.29) is 30.5 Å². The minimum atomic E-state index is -0.476. The maximum absolute atomic E-state index is 11.8. The molecule has 26 heavy (non-hydrogen) atoms. The standard InChI is InChI=1S/C17H23N3O5S/c1-3-14(21)18-12-5-4-6-13(11-12)19-17(26)20-15(22)7-8-16(23)25-10-9-24-2/h4-6,11H,3,7-10H2,1-2H3,(H,18,21)(H2,19,20,22,26). The molecule has 142 valence electrons. The molecule has 1 rings (SSSR count). The fourth-order valence-electron chi connectivity index (χ4n) is 1.80. The first-order valence-electron chi connectivity index (χ1n) is 8.10. The van der Waals surface area contributed by atoms with E-state index in [0.717, 1.165) is 0 Å². The third-order valence-corrected chi connectivity index (χ3v) is 3.29. The van der Waals surface area contributed by atoms with Crippen molar-refractivity contribution in [3.05, 3.63) is 24.3 Å². The van der Waals surface area contributed by atoms with E-state index in [1.807, 2.05) is 0 Å². The maximum atomic E-state index is 11.8. The van der Waals surface area contributed by atoms with Crippen LogP contribution >= 0.6 is 12.2 Å². The van der Waals surface area contributed by atoms with Gasteiger partial charge in [0.25, 0.3) is 0 Å². The van der Waals surface area contributed by atoms with Crippen molar-refractivity contribution in [1.82, 2.24) is 5.32 Å². The van der Waals surface area contributed by atoms with Crippen molar-refractivity contribution in [2.45, 2.75) is 26.2 Å². The van der Waals surface area contributed by atoms with E-state index in [2.05, 4.69) is 16.0 Å². The Kier molecular flexibility index (Phi) is 9.88. The Morgan fingerprint density at radius 3 is 2.38 bits per heavy atom. The number of methoxy groups -OCH3 is 1. The normalized spacial score (nSPS) is 9.92. The molecule has 0 fully saturated rings. The van der Waals surface area contributed by atoms with Crippen molar-refractivity contribution < 1.29 is 23.9 Å². The Morgan fingerprint density at radius 2 is 1.73 bits per heavy atom. The van der Waals surface area contributed by atoms with Crippen molar-refractivity contribution in [3.63, 3.8) is 0 Å². The van der Waals surface area contributed by atoms with Crippen LogP contribution in [-0.2, 0) is 23.9 Å². The quantitative estimate of drug-likeness (QED) is 0.340. The molecule has 0 atom stereocenters. The van der Waals surface area contributed by atoms with E-state index in [9.17, 15) is 14.4 Å². The van der Waals surface area contributed by atoms with E-state index in [1.165, 1.54) is 7.11 Å². The number of thiocarbonyl (C=S) groups is 1. The molecule has 2 amide bonds. The van der Waals surface area contributed by atoms with E-state index < -0.39 is 11.9 Å². The third kappa shape index (κ3) is 9.09. The number of hydrogen-bond acceptors (Lipinski definition) is 6. The summed E-state index contributed by atoms with van der Waals surface area (Å²) in [5, 5.41) is 8.16. The molecule has 0 radical (unpaired) electrons. The van der Waals surface area contributed by atoms with E-state index in [1.54, 1.807) is 31.2 Å². The van der Waals surface area contributed by atoms with Gasteiger partial charge in [0.15, 0.2) is 5.11 Å². The highest BCUT2D eigenvalue weighted by Gasteiger charge is 2.10. The van der Waals surface area contributed by atoms with Gasteiger partial charge in [0.05, 0.1) is 13.0 Å². The molecule has 0 aliphatic heterocycles. The van der Waals surface area contributed by atoms with Crippen molar-refractivity contribution in [1.29, 1.82) is 0 Å². The molecule has 0 spiro atoms. The van der Waals surface area contributed by atoms with E-state index >= 15 is 0 Å². The zero-order chi connectivity index (χ0) is 19.4. The Morgan fingerprint density at radius 1 is 1.04 bits per heavy atom. The van der Waals surface area contributed by atoms with Gasteiger partial charge in [0, 0.05) is 31.3 Å². The first kappa shape index (κ1) is 21.5. The Labute approximate surface area is 157 Å². The number of esters is 1. The van der Waals surface area contributed by atoms with Crippen LogP contribution in [0.3, 0.4) is 0 Å². The lowest BCUT2D eigenvalue weighted by Gasteiger charge is -2.11. The summed E-state index contributed by atoms with van der Waals surface area (Å²) in [4.78, 5) is 34.6.